The van der Waals surface area contributed by atoms with Crippen LogP contribution in [0.5, 0.6) is 0 Å². The zero-order valence-electron chi connectivity index (χ0n) is 14.5. The number of carbonyl (C=O) groups is 3. The SMILES string of the molecule is O=C(c1cccc(N2CCCC2=O)c1)N1CC[C@H](CO)[C@H](O)C1.O=CO. The number of aliphatic hydroxyl groups excluding tert-OH is 2. The van der Waals surface area contributed by atoms with E-state index in [9.17, 15) is 19.8 Å². The first-order valence-electron chi connectivity index (χ1n) is 8.58. The maximum absolute atomic E-state index is 12.6. The number of aliphatic hydroxyl groups is 2. The summed E-state index contributed by atoms with van der Waals surface area (Å²) in [7, 11) is 0. The third-order valence-electron chi connectivity index (χ3n) is 4.72. The predicted molar refractivity (Wildman–Crippen MR) is 93.8 cm³/mol. The van der Waals surface area contributed by atoms with E-state index in [-0.39, 0.29) is 37.4 Å². The van der Waals surface area contributed by atoms with E-state index in [0.29, 0.717) is 31.5 Å². The summed E-state index contributed by atoms with van der Waals surface area (Å²) in [5.74, 6) is -0.213. The van der Waals surface area contributed by atoms with E-state index < -0.39 is 6.10 Å². The number of hydrogen-bond donors (Lipinski definition) is 3. The lowest BCUT2D eigenvalue weighted by atomic mass is 9.94. The third-order valence-corrected chi connectivity index (χ3v) is 4.72. The van der Waals surface area contributed by atoms with Crippen LogP contribution in [0.4, 0.5) is 5.69 Å². The fraction of sp³-hybridized carbons (Fsp3) is 0.500. The van der Waals surface area contributed by atoms with Gasteiger partial charge in [-0.05, 0) is 31.0 Å². The van der Waals surface area contributed by atoms with Crippen molar-refractivity contribution < 1.29 is 29.7 Å². The number of nitrogens with zero attached hydrogens (tertiary/aromatic N) is 2. The summed E-state index contributed by atoms with van der Waals surface area (Å²) in [5, 5.41) is 26.1. The monoisotopic (exact) mass is 364 g/mol. The molecule has 142 valence electrons. The van der Waals surface area contributed by atoms with E-state index in [1.165, 1.54) is 0 Å². The summed E-state index contributed by atoms with van der Waals surface area (Å²) in [6.07, 6.45) is 1.30. The van der Waals surface area contributed by atoms with Gasteiger partial charge in [-0.25, -0.2) is 0 Å². The molecule has 2 amide bonds. The van der Waals surface area contributed by atoms with Crippen molar-refractivity contribution in [2.75, 3.05) is 31.1 Å². The Balaban J connectivity index is 0.000000758. The van der Waals surface area contributed by atoms with Gasteiger partial charge in [0.1, 0.15) is 0 Å². The number of carboxylic acid groups (broad SMARTS) is 1. The van der Waals surface area contributed by atoms with Crippen LogP contribution in [0.15, 0.2) is 24.3 Å². The second kappa shape index (κ2) is 9.30. The van der Waals surface area contributed by atoms with Crippen LogP contribution in [-0.2, 0) is 9.59 Å². The van der Waals surface area contributed by atoms with Crippen molar-refractivity contribution in [1.29, 1.82) is 0 Å². The van der Waals surface area contributed by atoms with Gasteiger partial charge in [-0.1, -0.05) is 6.07 Å². The molecule has 1 aromatic rings. The number of carbonyl (C=O) groups excluding carboxylic acids is 2. The first-order chi connectivity index (χ1) is 12.5. The molecule has 8 nitrogen and oxygen atoms in total. The molecule has 8 heteroatoms. The summed E-state index contributed by atoms with van der Waals surface area (Å²) in [5.41, 5.74) is 1.28. The second-order valence-electron chi connectivity index (χ2n) is 6.35. The molecule has 26 heavy (non-hydrogen) atoms. The molecule has 2 atom stereocenters. The molecular weight excluding hydrogens is 340 g/mol. The number of amides is 2. The molecule has 0 saturated carbocycles. The maximum Gasteiger partial charge on any atom is 0.290 e. The molecule has 0 radical (unpaired) electrons. The lowest BCUT2D eigenvalue weighted by Gasteiger charge is -2.35. The molecule has 2 fully saturated rings. The third kappa shape index (κ3) is 4.59. The molecule has 0 aliphatic carbocycles. The van der Waals surface area contributed by atoms with Crippen molar-refractivity contribution >= 4 is 24.0 Å². The Hall–Kier alpha value is -2.45. The Morgan fingerprint density at radius 2 is 2.04 bits per heavy atom. The Labute approximate surface area is 151 Å². The highest BCUT2D eigenvalue weighted by molar-refractivity contribution is 5.99. The molecule has 2 heterocycles. The van der Waals surface area contributed by atoms with Crippen LogP contribution >= 0.6 is 0 Å². The van der Waals surface area contributed by atoms with E-state index in [1.54, 1.807) is 28.0 Å². The fourth-order valence-electron chi connectivity index (χ4n) is 3.29. The van der Waals surface area contributed by atoms with Crippen molar-refractivity contribution in [3.8, 4) is 0 Å². The number of piperidine rings is 1. The van der Waals surface area contributed by atoms with Crippen LogP contribution in [0.3, 0.4) is 0 Å². The zero-order valence-corrected chi connectivity index (χ0v) is 14.5. The van der Waals surface area contributed by atoms with Crippen LogP contribution in [0, 0.1) is 5.92 Å². The van der Waals surface area contributed by atoms with Gasteiger partial charge in [0.25, 0.3) is 12.4 Å². The van der Waals surface area contributed by atoms with E-state index in [4.69, 9.17) is 9.90 Å². The van der Waals surface area contributed by atoms with Gasteiger partial charge in [0.05, 0.1) is 6.10 Å². The van der Waals surface area contributed by atoms with Gasteiger partial charge < -0.3 is 25.1 Å². The average molecular weight is 364 g/mol. The van der Waals surface area contributed by atoms with Crippen LogP contribution in [0.2, 0.25) is 0 Å². The first-order valence-corrected chi connectivity index (χ1v) is 8.58. The van der Waals surface area contributed by atoms with Gasteiger partial charge in [0.15, 0.2) is 0 Å². The molecule has 0 bridgehead atoms. The number of benzene rings is 1. The molecule has 2 aliphatic heterocycles. The highest BCUT2D eigenvalue weighted by Gasteiger charge is 2.30. The second-order valence-corrected chi connectivity index (χ2v) is 6.35. The Morgan fingerprint density at radius 1 is 1.31 bits per heavy atom. The lowest BCUT2D eigenvalue weighted by molar-refractivity contribution is -0.123. The maximum atomic E-state index is 12.6. The largest absolute Gasteiger partial charge is 0.483 e. The molecule has 3 N–H and O–H groups in total. The van der Waals surface area contributed by atoms with E-state index in [0.717, 1.165) is 12.1 Å². The Morgan fingerprint density at radius 3 is 2.62 bits per heavy atom. The molecule has 0 spiro atoms. The summed E-state index contributed by atoms with van der Waals surface area (Å²) >= 11 is 0. The quantitative estimate of drug-likeness (QED) is 0.665. The number of likely N-dealkylation sites (tertiary alicyclic amines) is 1. The van der Waals surface area contributed by atoms with E-state index in [2.05, 4.69) is 0 Å². The standard InChI is InChI=1S/C17H22N2O4.CH2O2/c20-11-13-6-8-18(10-15(13)21)17(23)12-3-1-4-14(9-12)19-7-2-5-16(19)22;2-1-3/h1,3-4,9,13,15,20-21H,2,5-8,10-11H2;1H,(H,2,3)/t13-,15-;/m1./s1. The van der Waals surface area contributed by atoms with Crippen molar-refractivity contribution in [2.24, 2.45) is 5.92 Å². The summed E-state index contributed by atoms with van der Waals surface area (Å²) in [6.45, 7) is 1.14. The van der Waals surface area contributed by atoms with Crippen LogP contribution in [0.25, 0.3) is 0 Å². The van der Waals surface area contributed by atoms with Gasteiger partial charge >= 0.3 is 0 Å². The molecule has 2 saturated heterocycles. The molecular formula is C18H24N2O6. The van der Waals surface area contributed by atoms with Crippen molar-refractivity contribution in [3.05, 3.63) is 29.8 Å². The first kappa shape index (κ1) is 19.9. The normalized spacial score (nSPS) is 22.6. The van der Waals surface area contributed by atoms with Crippen LogP contribution in [0.1, 0.15) is 29.6 Å². The summed E-state index contributed by atoms with van der Waals surface area (Å²) in [6, 6.07) is 7.10. The van der Waals surface area contributed by atoms with Crippen LogP contribution < -0.4 is 4.90 Å². The van der Waals surface area contributed by atoms with Gasteiger partial charge in [0.2, 0.25) is 5.91 Å². The summed E-state index contributed by atoms with van der Waals surface area (Å²) in [4.78, 5) is 36.2. The van der Waals surface area contributed by atoms with Gasteiger partial charge in [-0.15, -0.1) is 0 Å². The summed E-state index contributed by atoms with van der Waals surface area (Å²) < 4.78 is 0. The van der Waals surface area contributed by atoms with Gasteiger partial charge in [-0.3, -0.25) is 14.4 Å². The minimum Gasteiger partial charge on any atom is -0.483 e. The lowest BCUT2D eigenvalue weighted by Crippen LogP contribution is -2.47. The molecule has 3 rings (SSSR count). The number of anilines is 1. The molecule has 2 aliphatic rings. The number of rotatable bonds is 3. The number of β-amino-alcohol motifs (C(OH)–C–C–N with tert-alkyl or cyclic N) is 1. The smallest absolute Gasteiger partial charge is 0.290 e. The molecule has 0 unspecified atom stereocenters. The van der Waals surface area contributed by atoms with Gasteiger partial charge in [0, 0.05) is 49.8 Å². The van der Waals surface area contributed by atoms with Crippen molar-refractivity contribution in [1.82, 2.24) is 4.90 Å². The van der Waals surface area contributed by atoms with Crippen molar-refractivity contribution in [3.63, 3.8) is 0 Å². The fourth-order valence-corrected chi connectivity index (χ4v) is 3.29. The van der Waals surface area contributed by atoms with Crippen LogP contribution in [-0.4, -0.2) is 70.9 Å². The minimum atomic E-state index is -0.693. The highest BCUT2D eigenvalue weighted by Crippen LogP contribution is 2.24. The van der Waals surface area contributed by atoms with Gasteiger partial charge in [-0.2, -0.15) is 0 Å². The Bertz CT molecular complexity index is 650. The number of hydrogen-bond acceptors (Lipinski definition) is 5. The van der Waals surface area contributed by atoms with E-state index >= 15 is 0 Å². The minimum absolute atomic E-state index is 0.0598. The average Bonchev–Trinajstić information content (AvgIpc) is 3.08. The van der Waals surface area contributed by atoms with E-state index in [1.807, 2.05) is 6.07 Å². The Kier molecular flexibility index (Phi) is 7.11. The predicted octanol–water partition coefficient (Wildman–Crippen LogP) is 0.329. The molecule has 0 aromatic heterocycles. The topological polar surface area (TPSA) is 118 Å². The molecule has 1 aromatic carbocycles. The van der Waals surface area contributed by atoms with Crippen molar-refractivity contribution in [2.45, 2.75) is 25.4 Å². The zero-order chi connectivity index (χ0) is 19.1. The highest BCUT2D eigenvalue weighted by atomic mass is 16.3.